The van der Waals surface area contributed by atoms with Crippen molar-refractivity contribution in [3.8, 4) is 0 Å². The number of carboxylic acid groups (broad SMARTS) is 2. The average Bonchev–Trinajstić information content (AvgIpc) is 2.14. The molecule has 0 saturated heterocycles. The summed E-state index contributed by atoms with van der Waals surface area (Å²) in [6.07, 6.45) is 0. The molecular formula is C8H4K2O4. The average molecular weight is 246 g/mol. The predicted molar refractivity (Wildman–Crippen MR) is 35.1 cm³/mol. The molecule has 0 aliphatic heterocycles. The van der Waals surface area contributed by atoms with Crippen LogP contribution in [0.1, 0.15) is 26.2 Å². The van der Waals surface area contributed by atoms with Crippen molar-refractivity contribution in [2.45, 2.75) is 0 Å². The van der Waals surface area contributed by atoms with E-state index in [1.165, 1.54) is 0 Å². The van der Waals surface area contributed by atoms with E-state index in [0.717, 1.165) is 0 Å². The Morgan fingerprint density at radius 3 is 1.29 bits per heavy atom. The third-order valence-electron chi connectivity index (χ3n) is 1.03. The van der Waals surface area contributed by atoms with Crippen LogP contribution >= 0.6 is 0 Å². The summed E-state index contributed by atoms with van der Waals surface area (Å²) in [5.74, 6) is -3.80. The van der Waals surface area contributed by atoms with Gasteiger partial charge in [0.1, 0.15) is 0 Å². The fourth-order valence-corrected chi connectivity index (χ4v) is 0.517. The van der Waals surface area contributed by atoms with E-state index in [9.17, 15) is 19.8 Å². The smallest absolute Gasteiger partial charge is 0.545 e. The summed E-state index contributed by atoms with van der Waals surface area (Å²) in [5.41, 5.74) is -1.94. The van der Waals surface area contributed by atoms with E-state index in [1.54, 1.807) is 0 Å². The quantitative estimate of drug-likeness (QED) is 0.486. The van der Waals surface area contributed by atoms with Gasteiger partial charge in [-0.2, -0.15) is 0 Å². The Morgan fingerprint density at radius 2 is 1.14 bits per heavy atom. The maximum absolute atomic E-state index is 10.5. The zero-order valence-corrected chi connectivity index (χ0v) is 13.9. The molecule has 0 aliphatic rings. The Bertz CT molecular complexity index is 432. The molecule has 4 nitrogen and oxygen atoms in total. The van der Waals surface area contributed by atoms with Gasteiger partial charge in [-0.25, -0.2) is 0 Å². The van der Waals surface area contributed by atoms with E-state index < -0.39 is 47.2 Å². The fraction of sp³-hybridized carbons (Fsp3) is 0. The number of carbonyl (C=O) groups is 2. The van der Waals surface area contributed by atoms with Gasteiger partial charge in [-0.05, 0) is 11.1 Å². The van der Waals surface area contributed by atoms with Gasteiger partial charge in [-0.1, -0.05) is 24.2 Å². The molecule has 0 spiro atoms. The second-order valence-electron chi connectivity index (χ2n) is 1.82. The SMILES string of the molecule is [2H]c1c([2H])c(C(=O)[O-])c([2H])c([2H])c1C(=O)[O-].[K+].[K+]. The number of carbonyl (C=O) groups excluding carboxylic acids is 2. The largest absolute Gasteiger partial charge is 1.00 e. The van der Waals surface area contributed by atoms with Crippen LogP contribution in [0.2, 0.25) is 0 Å². The summed E-state index contributed by atoms with van der Waals surface area (Å²) in [4.78, 5) is 21.1. The van der Waals surface area contributed by atoms with E-state index in [0.29, 0.717) is 0 Å². The number of carboxylic acids is 2. The first-order valence-electron chi connectivity index (χ1n) is 4.82. The van der Waals surface area contributed by atoms with Gasteiger partial charge in [0.15, 0.2) is 0 Å². The molecule has 62 valence electrons. The Morgan fingerprint density at radius 1 is 0.929 bits per heavy atom. The third kappa shape index (κ3) is 5.50. The van der Waals surface area contributed by atoms with E-state index in [-0.39, 0.29) is 103 Å². The second kappa shape index (κ2) is 8.57. The fourth-order valence-electron chi connectivity index (χ4n) is 0.517. The Hall–Kier alpha value is 1.43. The molecule has 0 unspecified atom stereocenters. The number of benzene rings is 1. The van der Waals surface area contributed by atoms with Crippen LogP contribution < -0.4 is 113 Å². The molecule has 0 N–H and O–H groups in total. The van der Waals surface area contributed by atoms with Crippen LogP contribution in [0.4, 0.5) is 0 Å². The minimum Gasteiger partial charge on any atom is -0.545 e. The van der Waals surface area contributed by atoms with Crippen molar-refractivity contribution in [3.63, 3.8) is 0 Å². The topological polar surface area (TPSA) is 80.3 Å². The molecule has 0 aliphatic carbocycles. The first kappa shape index (κ1) is 10.6. The molecule has 0 bridgehead atoms. The molecule has 1 rings (SSSR count). The molecule has 0 radical (unpaired) electrons. The van der Waals surface area contributed by atoms with E-state index in [2.05, 4.69) is 0 Å². The molecular weight excluding hydrogens is 238 g/mol. The molecule has 1 aromatic carbocycles. The minimum absolute atomic E-state index is 0. The second-order valence-corrected chi connectivity index (χ2v) is 1.82. The van der Waals surface area contributed by atoms with E-state index in [4.69, 9.17) is 5.48 Å². The summed E-state index contributed by atoms with van der Waals surface area (Å²) in [6.45, 7) is 0. The Balaban J connectivity index is 0. The predicted octanol–water partition coefficient (Wildman–Crippen LogP) is -7.58. The van der Waals surface area contributed by atoms with Crippen molar-refractivity contribution >= 4 is 11.9 Å². The van der Waals surface area contributed by atoms with Crippen molar-refractivity contribution in [2.24, 2.45) is 0 Å². The number of hydrogen-bond acceptors (Lipinski definition) is 4. The zero-order valence-electron chi connectivity index (χ0n) is 11.6. The molecule has 6 heteroatoms. The molecule has 0 aromatic heterocycles. The Kier molecular flexibility index (Phi) is 6.47. The third-order valence-corrected chi connectivity index (χ3v) is 1.03. The molecule has 14 heavy (non-hydrogen) atoms. The van der Waals surface area contributed by atoms with Gasteiger partial charge in [0, 0.05) is 0 Å². The number of aromatic carboxylic acids is 2. The van der Waals surface area contributed by atoms with Crippen LogP contribution in [-0.2, 0) is 0 Å². The van der Waals surface area contributed by atoms with Crippen LogP contribution in [-0.4, -0.2) is 11.9 Å². The summed E-state index contributed by atoms with van der Waals surface area (Å²) in [7, 11) is 0. The Labute approximate surface area is 172 Å². The molecule has 0 heterocycles. The van der Waals surface area contributed by atoms with Crippen molar-refractivity contribution in [1.29, 1.82) is 0 Å². The summed E-state index contributed by atoms with van der Waals surface area (Å²) in [6, 6.07) is -3.89. The van der Waals surface area contributed by atoms with Gasteiger partial charge in [0.25, 0.3) is 0 Å². The van der Waals surface area contributed by atoms with Crippen LogP contribution in [0, 0.1) is 0 Å². The van der Waals surface area contributed by atoms with Crippen LogP contribution in [0.15, 0.2) is 24.2 Å². The van der Waals surface area contributed by atoms with E-state index in [1.807, 2.05) is 0 Å². The molecule has 0 saturated carbocycles. The van der Waals surface area contributed by atoms with Gasteiger partial charge in [0.05, 0.1) is 17.4 Å². The summed E-state index contributed by atoms with van der Waals surface area (Å²) in [5, 5.41) is 21.1. The molecule has 0 fully saturated rings. The van der Waals surface area contributed by atoms with Crippen molar-refractivity contribution < 1.29 is 128 Å². The normalized spacial score (nSPS) is 12.0. The van der Waals surface area contributed by atoms with Gasteiger partial charge >= 0.3 is 103 Å². The first-order valence-corrected chi connectivity index (χ1v) is 2.82. The van der Waals surface area contributed by atoms with Crippen molar-refractivity contribution in [1.82, 2.24) is 0 Å². The number of rotatable bonds is 2. The van der Waals surface area contributed by atoms with Crippen molar-refractivity contribution in [2.75, 3.05) is 0 Å². The summed E-state index contributed by atoms with van der Waals surface area (Å²) >= 11 is 0. The van der Waals surface area contributed by atoms with Crippen LogP contribution in [0.5, 0.6) is 0 Å². The monoisotopic (exact) mass is 246 g/mol. The molecule has 1 aromatic rings. The maximum atomic E-state index is 10.5. The van der Waals surface area contributed by atoms with Gasteiger partial charge in [-0.3, -0.25) is 0 Å². The maximum Gasteiger partial charge on any atom is 1.00 e. The van der Waals surface area contributed by atoms with Crippen molar-refractivity contribution in [3.05, 3.63) is 35.3 Å². The summed E-state index contributed by atoms with van der Waals surface area (Å²) < 4.78 is 28.8. The zero-order chi connectivity index (χ0) is 12.6. The minimum atomic E-state index is -1.90. The van der Waals surface area contributed by atoms with Gasteiger partial charge in [0.2, 0.25) is 0 Å². The standard InChI is InChI=1S/C8H6O4.2K/c9-7(10)5-1-2-6(4-3-5)8(11)12;;/h1-4H,(H,9,10)(H,11,12);;/q;2*+1/p-2/i1D,2D,3D,4D;;. The number of hydrogen-bond donors (Lipinski definition) is 0. The van der Waals surface area contributed by atoms with Gasteiger partial charge in [-0.15, -0.1) is 0 Å². The van der Waals surface area contributed by atoms with E-state index >= 15 is 0 Å². The van der Waals surface area contributed by atoms with Crippen LogP contribution in [0.3, 0.4) is 0 Å². The molecule has 0 atom stereocenters. The van der Waals surface area contributed by atoms with Gasteiger partial charge < -0.3 is 19.8 Å². The molecule has 0 amide bonds. The first-order chi connectivity index (χ1) is 7.29. The van der Waals surface area contributed by atoms with Crippen LogP contribution in [0.25, 0.3) is 0 Å².